The van der Waals surface area contributed by atoms with E-state index in [0.717, 1.165) is 83.5 Å². The van der Waals surface area contributed by atoms with Crippen LogP contribution in [0.1, 0.15) is 80.1 Å². The summed E-state index contributed by atoms with van der Waals surface area (Å²) in [7, 11) is 3.91. The molecule has 2 amide bonds. The number of carbonyl (C=O) groups is 2. The molecule has 1 aliphatic heterocycles. The van der Waals surface area contributed by atoms with Crippen LogP contribution < -0.4 is 16.0 Å². The van der Waals surface area contributed by atoms with E-state index >= 15 is 0 Å². The molecule has 1 aromatic carbocycles. The molecule has 0 spiro atoms. The summed E-state index contributed by atoms with van der Waals surface area (Å²) in [4.78, 5) is 38.9. The lowest BCUT2D eigenvalue weighted by molar-refractivity contribution is -0.137. The number of anilines is 3. The Bertz CT molecular complexity index is 1350. The fourth-order valence-corrected chi connectivity index (χ4v) is 7.90. The summed E-state index contributed by atoms with van der Waals surface area (Å²) >= 11 is 0. The Morgan fingerprint density at radius 1 is 0.933 bits per heavy atom. The average Bonchev–Trinajstić information content (AvgIpc) is 3.54. The van der Waals surface area contributed by atoms with E-state index < -0.39 is 23.7 Å². The Labute approximate surface area is 262 Å². The number of carbonyl (C=O) groups excluding carboxylic acids is 2. The second-order valence-corrected chi connectivity index (χ2v) is 13.5. The standard InChI is InChI=1S/C33H44F3N7O2/c1-42-17-15-25(16-18-42)43(2)31(45)22-11-13-24(14-12-22)39-32-37-19-26(33(34,35)36)29(41-32)40-28-21-9-7-20(8-10-21)27(28)30(44)38-23-5-3-4-6-23/h11-14,19-21,23,25,27-28H,3-10,15-18H2,1-2H3,(H,38,44)(H2,37,39,40,41). The minimum atomic E-state index is -4.67. The highest BCUT2D eigenvalue weighted by atomic mass is 19.4. The third kappa shape index (κ3) is 7.05. The Balaban J connectivity index is 1.18. The summed E-state index contributed by atoms with van der Waals surface area (Å²) in [5, 5.41) is 9.32. The highest BCUT2D eigenvalue weighted by Crippen LogP contribution is 2.47. The molecule has 45 heavy (non-hydrogen) atoms. The first-order valence-electron chi connectivity index (χ1n) is 16.4. The highest BCUT2D eigenvalue weighted by Gasteiger charge is 2.48. The van der Waals surface area contributed by atoms with Crippen molar-refractivity contribution in [3.05, 3.63) is 41.6 Å². The van der Waals surface area contributed by atoms with Gasteiger partial charge in [0.15, 0.2) is 0 Å². The lowest BCUT2D eigenvalue weighted by atomic mass is 9.61. The SMILES string of the molecule is CN1CCC(N(C)C(=O)c2ccc(Nc3ncc(C(F)(F)F)c(NC4C5CCC(CC5)C4C(=O)NC4CCCC4)n3)cc2)CC1. The van der Waals surface area contributed by atoms with Crippen molar-refractivity contribution in [2.45, 2.75) is 88.5 Å². The number of fused-ring (bicyclic) bond motifs is 3. The van der Waals surface area contributed by atoms with Crippen LogP contribution in [-0.2, 0) is 11.0 Å². The molecule has 5 aliphatic rings. The molecule has 5 fully saturated rings. The van der Waals surface area contributed by atoms with Crippen molar-refractivity contribution in [2.75, 3.05) is 37.8 Å². The van der Waals surface area contributed by atoms with E-state index in [-0.39, 0.29) is 47.5 Å². The van der Waals surface area contributed by atoms with Crippen molar-refractivity contribution >= 4 is 29.3 Å². The van der Waals surface area contributed by atoms with Crippen LogP contribution in [0.5, 0.6) is 0 Å². The van der Waals surface area contributed by atoms with E-state index in [1.54, 1.807) is 29.2 Å². The average molecular weight is 628 g/mol. The van der Waals surface area contributed by atoms with Crippen LogP contribution in [0, 0.1) is 17.8 Å². The molecule has 4 saturated carbocycles. The number of hydrogen-bond acceptors (Lipinski definition) is 7. The van der Waals surface area contributed by atoms with Gasteiger partial charge in [-0.05, 0) is 108 Å². The lowest BCUT2D eigenvalue weighted by Crippen LogP contribution is -2.55. The number of nitrogens with zero attached hydrogens (tertiary/aromatic N) is 4. The number of hydrogen-bond donors (Lipinski definition) is 3. The van der Waals surface area contributed by atoms with E-state index in [2.05, 4.69) is 37.9 Å². The Morgan fingerprint density at radius 2 is 1.58 bits per heavy atom. The molecule has 1 aromatic heterocycles. The van der Waals surface area contributed by atoms with Gasteiger partial charge in [0.1, 0.15) is 11.4 Å². The first-order chi connectivity index (χ1) is 21.6. The summed E-state index contributed by atoms with van der Waals surface area (Å²) in [6.07, 6.45) is 5.65. The van der Waals surface area contributed by atoms with Gasteiger partial charge in [-0.3, -0.25) is 9.59 Å². The highest BCUT2D eigenvalue weighted by molar-refractivity contribution is 5.94. The minimum Gasteiger partial charge on any atom is -0.366 e. The number of amides is 2. The van der Waals surface area contributed by atoms with Gasteiger partial charge in [-0.2, -0.15) is 18.2 Å². The van der Waals surface area contributed by atoms with Crippen LogP contribution in [0.15, 0.2) is 30.5 Å². The topological polar surface area (TPSA) is 102 Å². The van der Waals surface area contributed by atoms with E-state index in [1.807, 2.05) is 7.05 Å². The summed E-state index contributed by atoms with van der Waals surface area (Å²) in [6.45, 7) is 1.90. The van der Waals surface area contributed by atoms with Crippen LogP contribution in [0.2, 0.25) is 0 Å². The fourth-order valence-electron chi connectivity index (χ4n) is 7.90. The maximum atomic E-state index is 14.2. The van der Waals surface area contributed by atoms with Gasteiger partial charge in [0.2, 0.25) is 11.9 Å². The molecule has 2 aromatic rings. The van der Waals surface area contributed by atoms with Crippen molar-refractivity contribution in [3.63, 3.8) is 0 Å². The predicted octanol–water partition coefficient (Wildman–Crippen LogP) is 5.68. The van der Waals surface area contributed by atoms with Gasteiger partial charge in [-0.25, -0.2) is 4.98 Å². The molecule has 2 unspecified atom stereocenters. The monoisotopic (exact) mass is 627 g/mol. The number of rotatable bonds is 8. The Morgan fingerprint density at radius 3 is 2.22 bits per heavy atom. The van der Waals surface area contributed by atoms with Gasteiger partial charge in [-0.15, -0.1) is 0 Å². The van der Waals surface area contributed by atoms with Crippen LogP contribution in [0.25, 0.3) is 0 Å². The zero-order valence-corrected chi connectivity index (χ0v) is 26.1. The molecule has 12 heteroatoms. The lowest BCUT2D eigenvalue weighted by Gasteiger charge is -2.48. The van der Waals surface area contributed by atoms with E-state index in [4.69, 9.17) is 0 Å². The number of aromatic nitrogens is 2. The maximum absolute atomic E-state index is 14.2. The van der Waals surface area contributed by atoms with E-state index in [9.17, 15) is 22.8 Å². The zero-order chi connectivity index (χ0) is 31.7. The quantitative estimate of drug-likeness (QED) is 0.346. The van der Waals surface area contributed by atoms with E-state index in [1.165, 1.54) is 0 Å². The molecule has 7 rings (SSSR count). The minimum absolute atomic E-state index is 0.000876. The number of likely N-dealkylation sites (tertiary alicyclic amines) is 1. The van der Waals surface area contributed by atoms with Crippen molar-refractivity contribution in [2.24, 2.45) is 17.8 Å². The summed E-state index contributed by atoms with van der Waals surface area (Å²) in [5.41, 5.74) is 0.124. The molecule has 2 heterocycles. The van der Waals surface area contributed by atoms with Crippen LogP contribution >= 0.6 is 0 Å². The van der Waals surface area contributed by atoms with Crippen molar-refractivity contribution in [1.29, 1.82) is 0 Å². The number of benzene rings is 1. The van der Waals surface area contributed by atoms with Crippen molar-refractivity contribution < 1.29 is 22.8 Å². The molecule has 4 aliphatic carbocycles. The predicted molar refractivity (Wildman–Crippen MR) is 166 cm³/mol. The molecular weight excluding hydrogens is 583 g/mol. The first kappa shape index (κ1) is 31.6. The number of halogens is 3. The second kappa shape index (κ2) is 13.1. The molecule has 244 valence electrons. The maximum Gasteiger partial charge on any atom is 0.421 e. The molecule has 1 saturated heterocycles. The Kier molecular flexibility index (Phi) is 9.22. The first-order valence-corrected chi connectivity index (χ1v) is 16.4. The smallest absolute Gasteiger partial charge is 0.366 e. The van der Waals surface area contributed by atoms with Crippen LogP contribution in [-0.4, -0.2) is 76.9 Å². The van der Waals surface area contributed by atoms with Gasteiger partial charge >= 0.3 is 6.18 Å². The van der Waals surface area contributed by atoms with Gasteiger partial charge in [0, 0.05) is 42.6 Å². The molecular formula is C33H44F3N7O2. The van der Waals surface area contributed by atoms with Crippen LogP contribution in [0.3, 0.4) is 0 Å². The normalized spacial score (nSPS) is 26.1. The van der Waals surface area contributed by atoms with Gasteiger partial charge in [0.25, 0.3) is 5.91 Å². The number of piperidine rings is 1. The van der Waals surface area contributed by atoms with Gasteiger partial charge in [0.05, 0.1) is 5.92 Å². The number of nitrogens with one attached hydrogen (secondary N) is 3. The van der Waals surface area contributed by atoms with Crippen molar-refractivity contribution in [1.82, 2.24) is 25.1 Å². The summed E-state index contributed by atoms with van der Waals surface area (Å²) in [5.74, 6) is -0.596. The van der Waals surface area contributed by atoms with Gasteiger partial charge in [-0.1, -0.05) is 12.8 Å². The zero-order valence-electron chi connectivity index (χ0n) is 26.1. The fraction of sp³-hybridized carbons (Fsp3) is 0.636. The molecule has 0 radical (unpaired) electrons. The summed E-state index contributed by atoms with van der Waals surface area (Å²) in [6, 6.07) is 6.70. The second-order valence-electron chi connectivity index (χ2n) is 13.5. The molecule has 2 bridgehead atoms. The third-order valence-corrected chi connectivity index (χ3v) is 10.6. The van der Waals surface area contributed by atoms with Gasteiger partial charge < -0.3 is 25.8 Å². The Hall–Kier alpha value is -3.41. The third-order valence-electron chi connectivity index (χ3n) is 10.6. The van der Waals surface area contributed by atoms with E-state index in [0.29, 0.717) is 11.3 Å². The van der Waals surface area contributed by atoms with Crippen LogP contribution in [0.4, 0.5) is 30.6 Å². The van der Waals surface area contributed by atoms with Crippen molar-refractivity contribution in [3.8, 4) is 0 Å². The molecule has 2 atom stereocenters. The molecule has 3 N–H and O–H groups in total. The number of alkyl halides is 3. The summed E-state index contributed by atoms with van der Waals surface area (Å²) < 4.78 is 42.5. The largest absolute Gasteiger partial charge is 0.421 e. The molecule has 9 nitrogen and oxygen atoms in total.